The zero-order valence-electron chi connectivity index (χ0n) is 29.4. The van der Waals surface area contributed by atoms with Gasteiger partial charge in [-0.25, -0.2) is 0 Å². The van der Waals surface area contributed by atoms with Crippen LogP contribution in [0.2, 0.25) is 0 Å². The molecule has 2 heterocycles. The maximum atomic E-state index is 6.34. The lowest BCUT2D eigenvalue weighted by Gasteiger charge is -2.19. The van der Waals surface area contributed by atoms with Gasteiger partial charge in [-0.2, -0.15) is 0 Å². The Bertz CT molecular complexity index is 2280. The molecule has 2 heteroatoms. The maximum Gasteiger partial charge on any atom is 0.135 e. The summed E-state index contributed by atoms with van der Waals surface area (Å²) < 4.78 is 12.7. The van der Waals surface area contributed by atoms with Gasteiger partial charge in [0.15, 0.2) is 0 Å². The van der Waals surface area contributed by atoms with Crippen molar-refractivity contribution in [3.8, 4) is 23.7 Å². The molecule has 0 radical (unpaired) electrons. The van der Waals surface area contributed by atoms with Crippen LogP contribution in [-0.2, 0) is 9.47 Å². The summed E-state index contributed by atoms with van der Waals surface area (Å²) in [5.74, 6) is 15.7. The van der Waals surface area contributed by atoms with E-state index in [0.717, 1.165) is 78.7 Å². The van der Waals surface area contributed by atoms with Crippen LogP contribution in [0.15, 0.2) is 205 Å². The van der Waals surface area contributed by atoms with Crippen molar-refractivity contribution in [3.63, 3.8) is 0 Å². The van der Waals surface area contributed by atoms with Gasteiger partial charge in [-0.15, -0.1) is 0 Å². The molecule has 2 aliphatic heterocycles. The molecule has 0 saturated carbocycles. The Hall–Kier alpha value is -7.52. The lowest BCUT2D eigenvalue weighted by molar-refractivity contribution is 0.466. The van der Waals surface area contributed by atoms with Crippen LogP contribution in [-0.4, -0.2) is 0 Å². The molecule has 0 unspecified atom stereocenters. The molecular weight excluding hydrogens is 657 g/mol. The van der Waals surface area contributed by atoms with E-state index in [0.29, 0.717) is 0 Å². The third-order valence-electron chi connectivity index (χ3n) is 8.83. The number of ether oxygens (including phenoxy) is 2. The van der Waals surface area contributed by atoms with Crippen LogP contribution in [0.4, 0.5) is 0 Å². The first-order chi connectivity index (χ1) is 26.7. The van der Waals surface area contributed by atoms with E-state index >= 15 is 0 Å². The Morgan fingerprint density at radius 2 is 0.593 bits per heavy atom. The van der Waals surface area contributed by atoms with Crippen LogP contribution < -0.4 is 0 Å². The Kier molecular flexibility index (Phi) is 10.1. The second kappa shape index (κ2) is 16.2. The van der Waals surface area contributed by atoms with Crippen LogP contribution >= 0.6 is 0 Å². The summed E-state index contributed by atoms with van der Waals surface area (Å²) in [5.41, 5.74) is 10.2. The third-order valence-corrected chi connectivity index (χ3v) is 8.83. The van der Waals surface area contributed by atoms with Gasteiger partial charge in [0.05, 0.1) is 0 Å². The van der Waals surface area contributed by atoms with E-state index in [-0.39, 0.29) is 0 Å². The molecule has 0 N–H and O–H groups in total. The SMILES string of the molecule is C(C#Cc1ccc(C=C2C=C(c3ccccc3)OC(c3ccccc3)=C2)cc1)#Cc1ccc(C=C2C=C(c3ccccc3)OC(c3ccccc3)=C2)cc1. The molecule has 8 rings (SSSR count). The van der Waals surface area contributed by atoms with Gasteiger partial charge in [-0.1, -0.05) is 157 Å². The number of hydrogen-bond acceptors (Lipinski definition) is 2. The molecule has 2 nitrogen and oxygen atoms in total. The van der Waals surface area contributed by atoms with Crippen molar-refractivity contribution in [2.24, 2.45) is 0 Å². The van der Waals surface area contributed by atoms with Gasteiger partial charge in [0.1, 0.15) is 23.0 Å². The lowest BCUT2D eigenvalue weighted by atomic mass is 10.0. The minimum atomic E-state index is 0.819. The quantitative estimate of drug-likeness (QED) is 0.162. The highest BCUT2D eigenvalue weighted by Crippen LogP contribution is 2.34. The van der Waals surface area contributed by atoms with Crippen LogP contribution in [0.1, 0.15) is 44.5 Å². The van der Waals surface area contributed by atoms with Crippen molar-refractivity contribution in [2.75, 3.05) is 0 Å². The molecule has 254 valence electrons. The highest BCUT2D eigenvalue weighted by Gasteiger charge is 2.16. The van der Waals surface area contributed by atoms with E-state index in [2.05, 4.69) is 133 Å². The van der Waals surface area contributed by atoms with Gasteiger partial charge in [-0.05, 0) is 94.8 Å². The number of rotatable bonds is 6. The van der Waals surface area contributed by atoms with Crippen LogP contribution in [0.5, 0.6) is 0 Å². The van der Waals surface area contributed by atoms with E-state index in [4.69, 9.17) is 9.47 Å². The highest BCUT2D eigenvalue weighted by atomic mass is 16.5. The first-order valence-electron chi connectivity index (χ1n) is 17.8. The first-order valence-corrected chi connectivity index (χ1v) is 17.8. The molecule has 0 spiro atoms. The van der Waals surface area contributed by atoms with E-state index < -0.39 is 0 Å². The van der Waals surface area contributed by atoms with Crippen LogP contribution in [0.25, 0.3) is 35.2 Å². The van der Waals surface area contributed by atoms with Gasteiger partial charge in [0.2, 0.25) is 0 Å². The topological polar surface area (TPSA) is 18.5 Å². The maximum absolute atomic E-state index is 6.34. The normalized spacial score (nSPS) is 13.2. The predicted molar refractivity (Wildman–Crippen MR) is 222 cm³/mol. The summed E-state index contributed by atoms with van der Waals surface area (Å²) in [6.45, 7) is 0. The molecule has 0 fully saturated rings. The standard InChI is InChI=1S/C52H34O2/c1-5-17-45(18-6-1)49-35-43(36-50(53-49)46-19-7-2-8-20-46)33-41-29-25-39(26-30-41)15-13-14-16-40-27-31-42(32-28-40)34-44-37-51(47-21-9-3-10-22-47)54-52(38-44)48-23-11-4-12-24-48/h1-12,17-38H. The molecule has 6 aromatic carbocycles. The fraction of sp³-hybridized carbons (Fsp3) is 0. The first kappa shape index (κ1) is 33.6. The predicted octanol–water partition coefficient (Wildman–Crippen LogP) is 12.1. The molecule has 0 bridgehead atoms. The molecule has 0 aliphatic carbocycles. The Labute approximate surface area is 317 Å². The largest absolute Gasteiger partial charge is 0.456 e. The summed E-state index contributed by atoms with van der Waals surface area (Å²) in [5, 5.41) is 0. The number of hydrogen-bond donors (Lipinski definition) is 0. The Morgan fingerprint density at radius 1 is 0.315 bits per heavy atom. The van der Waals surface area contributed by atoms with E-state index in [9.17, 15) is 0 Å². The van der Waals surface area contributed by atoms with Gasteiger partial charge < -0.3 is 9.47 Å². The molecule has 2 aliphatic rings. The molecule has 0 aromatic heterocycles. The summed E-state index contributed by atoms with van der Waals surface area (Å²) in [4.78, 5) is 0. The average Bonchev–Trinajstić information content (AvgIpc) is 3.24. The van der Waals surface area contributed by atoms with Gasteiger partial charge in [-0.3, -0.25) is 0 Å². The monoisotopic (exact) mass is 690 g/mol. The fourth-order valence-corrected chi connectivity index (χ4v) is 6.11. The number of allylic oxidation sites excluding steroid dienone is 6. The zero-order chi connectivity index (χ0) is 36.4. The van der Waals surface area contributed by atoms with Crippen molar-refractivity contribution in [2.45, 2.75) is 0 Å². The minimum absolute atomic E-state index is 0.819. The molecule has 0 atom stereocenters. The smallest absolute Gasteiger partial charge is 0.135 e. The average molecular weight is 691 g/mol. The summed E-state index contributed by atoms with van der Waals surface area (Å²) in [6.07, 6.45) is 12.6. The Morgan fingerprint density at radius 3 is 0.870 bits per heavy atom. The van der Waals surface area contributed by atoms with Gasteiger partial charge in [0.25, 0.3) is 0 Å². The van der Waals surface area contributed by atoms with Crippen molar-refractivity contribution in [1.82, 2.24) is 0 Å². The van der Waals surface area contributed by atoms with Crippen molar-refractivity contribution in [3.05, 3.63) is 250 Å². The van der Waals surface area contributed by atoms with Gasteiger partial charge in [0, 0.05) is 33.4 Å². The molecule has 6 aromatic rings. The lowest BCUT2D eigenvalue weighted by Crippen LogP contribution is -1.99. The van der Waals surface area contributed by atoms with Crippen LogP contribution in [0, 0.1) is 23.7 Å². The summed E-state index contributed by atoms with van der Waals surface area (Å²) in [7, 11) is 0. The zero-order valence-corrected chi connectivity index (χ0v) is 29.4. The van der Waals surface area contributed by atoms with Gasteiger partial charge >= 0.3 is 0 Å². The molecule has 54 heavy (non-hydrogen) atoms. The fourth-order valence-electron chi connectivity index (χ4n) is 6.11. The van der Waals surface area contributed by atoms with E-state index in [1.807, 2.05) is 97.1 Å². The number of benzene rings is 6. The van der Waals surface area contributed by atoms with Crippen molar-refractivity contribution < 1.29 is 9.47 Å². The van der Waals surface area contributed by atoms with Crippen LogP contribution in [0.3, 0.4) is 0 Å². The third kappa shape index (κ3) is 8.50. The van der Waals surface area contributed by atoms with E-state index in [1.165, 1.54) is 0 Å². The minimum Gasteiger partial charge on any atom is -0.456 e. The van der Waals surface area contributed by atoms with Crippen molar-refractivity contribution in [1.29, 1.82) is 0 Å². The second-order valence-corrected chi connectivity index (χ2v) is 12.7. The summed E-state index contributed by atoms with van der Waals surface area (Å²) >= 11 is 0. The van der Waals surface area contributed by atoms with Crippen molar-refractivity contribution >= 4 is 35.2 Å². The Balaban J connectivity index is 0.964. The van der Waals surface area contributed by atoms with E-state index in [1.54, 1.807) is 0 Å². The molecular formula is C52H34O2. The molecule has 0 amide bonds. The highest BCUT2D eigenvalue weighted by molar-refractivity contribution is 5.82. The molecule has 0 saturated heterocycles. The summed E-state index contributed by atoms with van der Waals surface area (Å²) in [6, 6.07) is 57.1. The second-order valence-electron chi connectivity index (χ2n) is 12.7.